The zero-order valence-corrected chi connectivity index (χ0v) is 25.3. The van der Waals surface area contributed by atoms with Crippen LogP contribution in [0.25, 0.3) is 0 Å². The van der Waals surface area contributed by atoms with Gasteiger partial charge in [0.15, 0.2) is 18.3 Å². The van der Waals surface area contributed by atoms with E-state index in [1.165, 1.54) is 6.92 Å². The average Bonchev–Trinajstić information content (AvgIpc) is 3.12. The second-order valence-electron chi connectivity index (χ2n) is 11.9. The third kappa shape index (κ3) is 6.23. The van der Waals surface area contributed by atoms with Crippen molar-refractivity contribution in [2.75, 3.05) is 0 Å². The van der Waals surface area contributed by atoms with Gasteiger partial charge >= 0.3 is 23.9 Å². The Bertz CT molecular complexity index is 1080. The Hall–Kier alpha value is -2.72. The molecule has 3 rings (SSSR count). The van der Waals surface area contributed by atoms with E-state index < -0.39 is 77.2 Å². The Morgan fingerprint density at radius 1 is 1.00 bits per heavy atom. The zero-order chi connectivity index (χ0) is 30.7. The van der Waals surface area contributed by atoms with E-state index in [2.05, 4.69) is 0 Å². The first-order valence-electron chi connectivity index (χ1n) is 14.8. The Labute approximate surface area is 242 Å². The summed E-state index contributed by atoms with van der Waals surface area (Å²) >= 11 is 0. The molecule has 1 heterocycles. The van der Waals surface area contributed by atoms with Crippen LogP contribution in [-0.4, -0.2) is 70.2 Å². The molecule has 0 saturated carbocycles. The minimum Gasteiger partial charge on any atom is -0.462 e. The zero-order valence-electron chi connectivity index (χ0n) is 25.3. The van der Waals surface area contributed by atoms with Crippen LogP contribution >= 0.6 is 0 Å². The maximum Gasteiger partial charge on any atom is 0.312 e. The summed E-state index contributed by atoms with van der Waals surface area (Å²) in [5.41, 5.74) is -2.13. The topological polar surface area (TPSA) is 146 Å². The van der Waals surface area contributed by atoms with Crippen molar-refractivity contribution in [2.24, 2.45) is 17.3 Å². The number of aliphatic hydroxyl groups is 2. The van der Waals surface area contributed by atoms with Crippen LogP contribution in [0.1, 0.15) is 93.4 Å². The van der Waals surface area contributed by atoms with E-state index in [1.807, 2.05) is 20.8 Å². The van der Waals surface area contributed by atoms with Gasteiger partial charge in [-0.3, -0.25) is 19.2 Å². The minimum absolute atomic E-state index is 0.0824. The van der Waals surface area contributed by atoms with Gasteiger partial charge in [0.2, 0.25) is 0 Å². The molecule has 9 atom stereocenters. The van der Waals surface area contributed by atoms with Crippen molar-refractivity contribution in [3.63, 3.8) is 0 Å². The molecule has 10 nitrogen and oxygen atoms in total. The predicted molar refractivity (Wildman–Crippen MR) is 148 cm³/mol. The number of aliphatic hydroxyl groups excluding tert-OH is 1. The first-order chi connectivity index (χ1) is 19.2. The van der Waals surface area contributed by atoms with Gasteiger partial charge in [0, 0.05) is 25.2 Å². The number of hydrogen-bond acceptors (Lipinski definition) is 10. The molecular formula is C31H46O10. The number of hydrogen-bond donors (Lipinski definition) is 2. The number of carbonyl (C=O) groups is 4. The lowest BCUT2D eigenvalue weighted by Crippen LogP contribution is -2.66. The number of fused-ring (bicyclic) bond motifs is 2. The van der Waals surface area contributed by atoms with Crippen LogP contribution in [0.5, 0.6) is 0 Å². The Morgan fingerprint density at radius 2 is 1.61 bits per heavy atom. The summed E-state index contributed by atoms with van der Waals surface area (Å²) in [6, 6.07) is 0. The first kappa shape index (κ1) is 32.8. The maximum atomic E-state index is 13.0. The Kier molecular flexibility index (Phi) is 10.5. The summed E-state index contributed by atoms with van der Waals surface area (Å²) in [7, 11) is 0. The van der Waals surface area contributed by atoms with Crippen LogP contribution in [0.3, 0.4) is 0 Å². The van der Waals surface area contributed by atoms with Gasteiger partial charge in [0.1, 0.15) is 11.7 Å². The molecule has 0 amide bonds. The third-order valence-corrected chi connectivity index (χ3v) is 8.96. The van der Waals surface area contributed by atoms with Crippen molar-refractivity contribution in [3.05, 3.63) is 23.3 Å². The van der Waals surface area contributed by atoms with Crippen molar-refractivity contribution in [3.8, 4) is 0 Å². The molecule has 0 spiro atoms. The molecule has 0 aromatic rings. The van der Waals surface area contributed by atoms with Crippen molar-refractivity contribution in [1.82, 2.24) is 0 Å². The van der Waals surface area contributed by atoms with E-state index in [9.17, 15) is 29.4 Å². The number of esters is 4. The highest BCUT2D eigenvalue weighted by molar-refractivity contribution is 5.77. The van der Waals surface area contributed by atoms with Gasteiger partial charge in [0.05, 0.1) is 17.4 Å². The van der Waals surface area contributed by atoms with Gasteiger partial charge < -0.3 is 29.2 Å². The van der Waals surface area contributed by atoms with Crippen LogP contribution in [0.4, 0.5) is 0 Å². The quantitative estimate of drug-likeness (QED) is 0.248. The number of allylic oxidation sites excluding steroid dienone is 1. The monoisotopic (exact) mass is 578 g/mol. The molecule has 0 radical (unpaired) electrons. The summed E-state index contributed by atoms with van der Waals surface area (Å²) in [4.78, 5) is 51.3. The summed E-state index contributed by atoms with van der Waals surface area (Å²) < 4.78 is 23.5. The summed E-state index contributed by atoms with van der Waals surface area (Å²) in [6.45, 7) is 12.1. The Balaban J connectivity index is 2.31. The summed E-state index contributed by atoms with van der Waals surface area (Å²) in [5.74, 6) is -4.21. The van der Waals surface area contributed by atoms with E-state index in [0.717, 1.165) is 5.57 Å². The highest BCUT2D eigenvalue weighted by atomic mass is 16.6. The van der Waals surface area contributed by atoms with Gasteiger partial charge in [-0.25, -0.2) is 0 Å². The van der Waals surface area contributed by atoms with Crippen LogP contribution in [-0.2, 0) is 38.1 Å². The van der Waals surface area contributed by atoms with Crippen molar-refractivity contribution >= 4 is 23.9 Å². The predicted octanol–water partition coefficient (Wildman–Crippen LogP) is 3.71. The lowest BCUT2D eigenvalue weighted by Gasteiger charge is -2.55. The van der Waals surface area contributed by atoms with E-state index in [1.54, 1.807) is 32.9 Å². The second-order valence-corrected chi connectivity index (χ2v) is 11.9. The number of ether oxygens (including phenoxy) is 4. The molecule has 0 unspecified atom stereocenters. The maximum absolute atomic E-state index is 13.0. The molecule has 0 bridgehead atoms. The van der Waals surface area contributed by atoms with Crippen LogP contribution in [0.2, 0.25) is 0 Å². The summed E-state index contributed by atoms with van der Waals surface area (Å²) in [6.07, 6.45) is -0.489. The smallest absolute Gasteiger partial charge is 0.312 e. The molecule has 2 aliphatic carbocycles. The molecular weight excluding hydrogens is 532 g/mol. The van der Waals surface area contributed by atoms with E-state index >= 15 is 0 Å². The normalized spacial score (nSPS) is 38.3. The lowest BCUT2D eigenvalue weighted by atomic mass is 9.55. The summed E-state index contributed by atoms with van der Waals surface area (Å²) in [5, 5.41) is 24.3. The minimum atomic E-state index is -2.04. The van der Waals surface area contributed by atoms with Crippen molar-refractivity contribution < 1.29 is 48.3 Å². The second kappa shape index (κ2) is 13.1. The standard InChI is InChI=1S/C31H46O10/c1-8-11-24(33)39-21-14-13-17(4)15-22-31(37,19(6)29(36)40-22)27(35)26-18(5)16-20(38-23(32)10-3)28(30(21,26)7)41-25(34)12-9-2/h15-16,19-22,26-28,35,37H,8-14H2,1-7H3/b17-15-/t19-,20+,21-,22-,26+,27-,28-,30+,31-/m0/s1. The molecule has 0 aromatic carbocycles. The molecule has 41 heavy (non-hydrogen) atoms. The van der Waals surface area contributed by atoms with E-state index in [-0.39, 0.29) is 25.7 Å². The van der Waals surface area contributed by atoms with Crippen LogP contribution in [0, 0.1) is 17.3 Å². The van der Waals surface area contributed by atoms with Gasteiger partial charge in [-0.1, -0.05) is 38.8 Å². The fraction of sp³-hybridized carbons (Fsp3) is 0.742. The molecule has 230 valence electrons. The van der Waals surface area contributed by atoms with Gasteiger partial charge in [-0.15, -0.1) is 0 Å². The fourth-order valence-electron chi connectivity index (χ4n) is 6.61. The largest absolute Gasteiger partial charge is 0.462 e. The SMILES string of the molecule is CCCC(=O)O[C@H]1CC/C(C)=C\[C@@H]2OC(=O)[C@H](C)[C@@]2(O)[C@@H](O)[C@H]2C(C)=C[C@@H](OC(=O)CC)[C@H](OC(=O)CCC)[C@]12C. The highest BCUT2D eigenvalue weighted by Gasteiger charge is 2.66. The highest BCUT2D eigenvalue weighted by Crippen LogP contribution is 2.54. The number of rotatable bonds is 8. The molecule has 2 N–H and O–H groups in total. The van der Waals surface area contributed by atoms with Gasteiger partial charge in [-0.2, -0.15) is 0 Å². The van der Waals surface area contributed by atoms with E-state index in [0.29, 0.717) is 24.8 Å². The first-order valence-corrected chi connectivity index (χ1v) is 14.8. The van der Waals surface area contributed by atoms with Crippen molar-refractivity contribution in [2.45, 2.75) is 130 Å². The van der Waals surface area contributed by atoms with Crippen LogP contribution in [0.15, 0.2) is 23.3 Å². The lowest BCUT2D eigenvalue weighted by molar-refractivity contribution is -0.222. The molecule has 10 heteroatoms. The number of carbonyl (C=O) groups excluding carboxylic acids is 4. The molecule has 3 aliphatic rings. The molecule has 0 aromatic heterocycles. The van der Waals surface area contributed by atoms with E-state index in [4.69, 9.17) is 18.9 Å². The molecule has 1 aliphatic heterocycles. The fourth-order valence-corrected chi connectivity index (χ4v) is 6.61. The molecule has 1 saturated heterocycles. The van der Waals surface area contributed by atoms with Crippen LogP contribution < -0.4 is 0 Å². The third-order valence-electron chi connectivity index (χ3n) is 8.96. The average molecular weight is 579 g/mol. The van der Waals surface area contributed by atoms with Crippen molar-refractivity contribution in [1.29, 1.82) is 0 Å². The molecule has 1 fully saturated rings. The van der Waals surface area contributed by atoms with Gasteiger partial charge in [0.25, 0.3) is 0 Å². The van der Waals surface area contributed by atoms with Gasteiger partial charge in [-0.05, 0) is 58.6 Å². The Morgan fingerprint density at radius 3 is 2.20 bits per heavy atom.